The summed E-state index contributed by atoms with van der Waals surface area (Å²) in [6.07, 6.45) is 0. The maximum Gasteiger partial charge on any atom is 0.124 e. The summed E-state index contributed by atoms with van der Waals surface area (Å²) in [7, 11) is 0. The molecule has 0 aliphatic carbocycles. The Hall–Kier alpha value is -1.39. The van der Waals surface area contributed by atoms with Gasteiger partial charge in [0.2, 0.25) is 0 Å². The largest absolute Gasteiger partial charge is 0.489 e. The molecular formula is C17H19BrFNO. The van der Waals surface area contributed by atoms with E-state index in [1.54, 1.807) is 6.07 Å². The number of halogens is 2. The van der Waals surface area contributed by atoms with Crippen LogP contribution in [0.25, 0.3) is 0 Å². The Kier molecular flexibility index (Phi) is 5.76. The maximum atomic E-state index is 13.0. The smallest absolute Gasteiger partial charge is 0.124 e. The molecule has 4 heteroatoms. The lowest BCUT2D eigenvalue weighted by atomic mass is 10.1. The van der Waals surface area contributed by atoms with Crippen LogP contribution in [0.5, 0.6) is 5.75 Å². The molecule has 1 N–H and O–H groups in total. The van der Waals surface area contributed by atoms with Crippen LogP contribution in [-0.4, -0.2) is 6.54 Å². The number of rotatable bonds is 6. The zero-order valence-corrected chi connectivity index (χ0v) is 13.8. The number of hydrogen-bond donors (Lipinski definition) is 1. The Morgan fingerprint density at radius 2 is 2.05 bits per heavy atom. The van der Waals surface area contributed by atoms with Crippen LogP contribution in [0, 0.1) is 5.82 Å². The van der Waals surface area contributed by atoms with Crippen molar-refractivity contribution in [3.05, 3.63) is 63.9 Å². The van der Waals surface area contributed by atoms with Gasteiger partial charge in [-0.1, -0.05) is 41.1 Å². The molecule has 21 heavy (non-hydrogen) atoms. The molecule has 1 unspecified atom stereocenters. The monoisotopic (exact) mass is 351 g/mol. The van der Waals surface area contributed by atoms with Crippen molar-refractivity contribution in [3.63, 3.8) is 0 Å². The highest BCUT2D eigenvalue weighted by atomic mass is 79.9. The molecule has 1 atom stereocenters. The summed E-state index contributed by atoms with van der Waals surface area (Å²) in [6.45, 7) is 5.54. The Labute approximate surface area is 133 Å². The second-order valence-electron chi connectivity index (χ2n) is 4.88. The van der Waals surface area contributed by atoms with Crippen molar-refractivity contribution in [2.24, 2.45) is 0 Å². The first-order valence-corrected chi connectivity index (χ1v) is 7.79. The molecule has 0 spiro atoms. The summed E-state index contributed by atoms with van der Waals surface area (Å²) < 4.78 is 19.6. The molecule has 2 aromatic carbocycles. The van der Waals surface area contributed by atoms with E-state index in [0.717, 1.165) is 22.3 Å². The molecule has 0 fully saturated rings. The first-order valence-electron chi connectivity index (χ1n) is 7.00. The third-order valence-electron chi connectivity index (χ3n) is 3.28. The number of hydrogen-bond acceptors (Lipinski definition) is 2. The van der Waals surface area contributed by atoms with Crippen LogP contribution in [0.2, 0.25) is 0 Å². The van der Waals surface area contributed by atoms with Gasteiger partial charge in [0.25, 0.3) is 0 Å². The summed E-state index contributed by atoms with van der Waals surface area (Å²) in [6, 6.07) is 12.9. The lowest BCUT2D eigenvalue weighted by Crippen LogP contribution is -2.17. The summed E-state index contributed by atoms with van der Waals surface area (Å²) in [5.41, 5.74) is 2.11. The molecule has 0 amide bonds. The Morgan fingerprint density at radius 1 is 1.24 bits per heavy atom. The predicted molar refractivity (Wildman–Crippen MR) is 87.0 cm³/mol. The number of benzene rings is 2. The summed E-state index contributed by atoms with van der Waals surface area (Å²) >= 11 is 3.35. The molecular weight excluding hydrogens is 333 g/mol. The topological polar surface area (TPSA) is 21.3 Å². The maximum absolute atomic E-state index is 13.0. The van der Waals surface area contributed by atoms with Crippen molar-refractivity contribution in [1.82, 2.24) is 5.32 Å². The predicted octanol–water partition coefficient (Wildman–Crippen LogP) is 4.84. The lowest BCUT2D eigenvalue weighted by Gasteiger charge is -2.14. The van der Waals surface area contributed by atoms with Gasteiger partial charge in [-0.15, -0.1) is 0 Å². The van der Waals surface area contributed by atoms with Gasteiger partial charge in [0.15, 0.2) is 0 Å². The van der Waals surface area contributed by atoms with Gasteiger partial charge in [-0.2, -0.15) is 0 Å². The fourth-order valence-electron chi connectivity index (χ4n) is 2.10. The van der Waals surface area contributed by atoms with E-state index in [0.29, 0.717) is 6.61 Å². The molecule has 0 aliphatic rings. The molecule has 0 aromatic heterocycles. The minimum Gasteiger partial charge on any atom is -0.489 e. The van der Waals surface area contributed by atoms with Gasteiger partial charge in [0.05, 0.1) is 0 Å². The first kappa shape index (κ1) is 16.0. The van der Waals surface area contributed by atoms with Crippen LogP contribution in [0.1, 0.15) is 31.0 Å². The van der Waals surface area contributed by atoms with E-state index in [4.69, 9.17) is 4.74 Å². The van der Waals surface area contributed by atoms with Gasteiger partial charge in [-0.25, -0.2) is 4.39 Å². The zero-order chi connectivity index (χ0) is 15.2. The van der Waals surface area contributed by atoms with Crippen molar-refractivity contribution >= 4 is 15.9 Å². The highest BCUT2D eigenvalue weighted by molar-refractivity contribution is 9.10. The summed E-state index contributed by atoms with van der Waals surface area (Å²) in [5, 5.41) is 3.37. The van der Waals surface area contributed by atoms with Crippen LogP contribution in [0.4, 0.5) is 4.39 Å². The highest BCUT2D eigenvalue weighted by Gasteiger charge is 2.06. The molecule has 0 heterocycles. The average molecular weight is 352 g/mol. The van der Waals surface area contributed by atoms with Crippen molar-refractivity contribution < 1.29 is 9.13 Å². The molecule has 112 valence electrons. The number of ether oxygens (including phenoxy) is 1. The van der Waals surface area contributed by atoms with Gasteiger partial charge in [-0.05, 0) is 43.3 Å². The molecule has 0 radical (unpaired) electrons. The van der Waals surface area contributed by atoms with Crippen molar-refractivity contribution in [3.8, 4) is 5.75 Å². The van der Waals surface area contributed by atoms with Gasteiger partial charge >= 0.3 is 0 Å². The molecule has 2 nitrogen and oxygen atoms in total. The van der Waals surface area contributed by atoms with Crippen LogP contribution < -0.4 is 10.1 Å². The molecule has 0 saturated carbocycles. The van der Waals surface area contributed by atoms with Gasteiger partial charge < -0.3 is 10.1 Å². The van der Waals surface area contributed by atoms with Crippen molar-refractivity contribution in [2.45, 2.75) is 26.5 Å². The molecule has 0 saturated heterocycles. The third-order valence-corrected chi connectivity index (χ3v) is 4.02. The van der Waals surface area contributed by atoms with E-state index in [9.17, 15) is 4.39 Å². The molecule has 0 aliphatic heterocycles. The number of nitrogens with one attached hydrogen (secondary N) is 1. The Morgan fingerprint density at radius 3 is 2.76 bits per heavy atom. The van der Waals surface area contributed by atoms with Gasteiger partial charge in [0, 0.05) is 16.1 Å². The van der Waals surface area contributed by atoms with Crippen LogP contribution in [0.3, 0.4) is 0 Å². The van der Waals surface area contributed by atoms with Crippen molar-refractivity contribution in [1.29, 1.82) is 0 Å². The minimum atomic E-state index is -0.257. The third kappa shape index (κ3) is 4.55. The Bertz CT molecular complexity index is 603. The van der Waals surface area contributed by atoms with Crippen molar-refractivity contribution in [2.75, 3.05) is 6.54 Å². The normalized spacial score (nSPS) is 12.2. The highest BCUT2D eigenvalue weighted by Crippen LogP contribution is 2.23. The minimum absolute atomic E-state index is 0.257. The summed E-state index contributed by atoms with van der Waals surface area (Å²) in [5.74, 6) is 0.556. The SMILES string of the molecule is CCNC(C)c1cccc(OCc2ccc(F)cc2Br)c1. The standard InChI is InChI=1S/C17H19BrFNO/c1-3-20-12(2)13-5-4-6-16(9-13)21-11-14-7-8-15(19)10-17(14)18/h4-10,12,20H,3,11H2,1-2H3. The zero-order valence-electron chi connectivity index (χ0n) is 12.2. The molecule has 2 rings (SSSR count). The first-order chi connectivity index (χ1) is 10.1. The van der Waals surface area contributed by atoms with Crippen LogP contribution >= 0.6 is 15.9 Å². The second kappa shape index (κ2) is 7.57. The summed E-state index contributed by atoms with van der Waals surface area (Å²) in [4.78, 5) is 0. The van der Waals surface area contributed by atoms with E-state index in [2.05, 4.69) is 41.2 Å². The average Bonchev–Trinajstić information content (AvgIpc) is 2.47. The van der Waals surface area contributed by atoms with E-state index in [-0.39, 0.29) is 11.9 Å². The van der Waals surface area contributed by atoms with E-state index < -0.39 is 0 Å². The van der Waals surface area contributed by atoms with E-state index >= 15 is 0 Å². The van der Waals surface area contributed by atoms with E-state index in [1.165, 1.54) is 17.7 Å². The van der Waals surface area contributed by atoms with Gasteiger partial charge in [0.1, 0.15) is 18.2 Å². The van der Waals surface area contributed by atoms with Crippen LogP contribution in [-0.2, 0) is 6.61 Å². The fraction of sp³-hybridized carbons (Fsp3) is 0.294. The van der Waals surface area contributed by atoms with Crippen LogP contribution in [0.15, 0.2) is 46.9 Å². The second-order valence-corrected chi connectivity index (χ2v) is 5.73. The molecule has 2 aromatic rings. The van der Waals surface area contributed by atoms with Gasteiger partial charge in [-0.3, -0.25) is 0 Å². The quantitative estimate of drug-likeness (QED) is 0.803. The molecule has 0 bridgehead atoms. The van der Waals surface area contributed by atoms with E-state index in [1.807, 2.05) is 18.2 Å². The Balaban J connectivity index is 2.04. The lowest BCUT2D eigenvalue weighted by molar-refractivity contribution is 0.304. The fourth-order valence-corrected chi connectivity index (χ4v) is 2.56.